The summed E-state index contributed by atoms with van der Waals surface area (Å²) < 4.78 is 5.18. The summed E-state index contributed by atoms with van der Waals surface area (Å²) in [5.41, 5.74) is 0.137. The smallest absolute Gasteiger partial charge is 0.349 e. The Kier molecular flexibility index (Phi) is 3.29. The van der Waals surface area contributed by atoms with Crippen molar-refractivity contribution >= 4 is 17.3 Å². The average molecular weight is 214 g/mol. The van der Waals surface area contributed by atoms with Crippen LogP contribution >= 0.6 is 11.3 Å². The maximum Gasteiger partial charge on any atom is 0.349 e. The van der Waals surface area contributed by atoms with Crippen molar-refractivity contribution in [3.8, 4) is 0 Å². The normalized spacial score (nSPS) is 11.4. The van der Waals surface area contributed by atoms with Crippen LogP contribution < -0.4 is 0 Å². The van der Waals surface area contributed by atoms with Crippen molar-refractivity contribution in [2.75, 3.05) is 0 Å². The average Bonchev–Trinajstić information content (AvgIpc) is 2.47. The Morgan fingerprint density at radius 1 is 1.57 bits per heavy atom. The molecule has 0 aliphatic carbocycles. The van der Waals surface area contributed by atoms with Crippen LogP contribution in [0.5, 0.6) is 0 Å². The molecule has 0 saturated heterocycles. The highest BCUT2D eigenvalue weighted by molar-refractivity contribution is 7.12. The fraction of sp³-hybridized carbons (Fsp3) is 0.500. The molecule has 1 N–H and O–H groups in total. The molecule has 0 aliphatic rings. The largest absolute Gasteiger partial charge is 0.456 e. The van der Waals surface area contributed by atoms with Gasteiger partial charge < -0.3 is 9.84 Å². The number of esters is 1. The van der Waals surface area contributed by atoms with E-state index in [1.807, 2.05) is 20.8 Å². The van der Waals surface area contributed by atoms with E-state index in [1.165, 1.54) is 11.3 Å². The molecule has 78 valence electrons. The van der Waals surface area contributed by atoms with Gasteiger partial charge in [0.1, 0.15) is 10.5 Å². The van der Waals surface area contributed by atoms with Gasteiger partial charge in [-0.25, -0.2) is 4.79 Å². The first-order valence-corrected chi connectivity index (χ1v) is 5.22. The highest BCUT2D eigenvalue weighted by Gasteiger charge is 2.20. The van der Waals surface area contributed by atoms with Gasteiger partial charge in [0.05, 0.1) is 6.61 Å². The second-order valence-electron chi connectivity index (χ2n) is 3.93. The first kappa shape index (κ1) is 11.2. The van der Waals surface area contributed by atoms with Crippen molar-refractivity contribution in [2.45, 2.75) is 33.0 Å². The molecular formula is C10H14O3S. The van der Waals surface area contributed by atoms with Crippen molar-refractivity contribution < 1.29 is 14.6 Å². The molecule has 1 heterocycles. The number of aliphatic hydroxyl groups excluding tert-OH is 1. The number of ether oxygens (including phenoxy) is 1. The summed E-state index contributed by atoms with van der Waals surface area (Å²) >= 11 is 1.29. The summed E-state index contributed by atoms with van der Waals surface area (Å²) in [6, 6.07) is 1.73. The summed E-state index contributed by atoms with van der Waals surface area (Å²) in [4.78, 5) is 12.1. The monoisotopic (exact) mass is 214 g/mol. The van der Waals surface area contributed by atoms with E-state index < -0.39 is 5.60 Å². The van der Waals surface area contributed by atoms with Crippen LogP contribution in [0.4, 0.5) is 0 Å². The number of thiophene rings is 1. The topological polar surface area (TPSA) is 46.5 Å². The lowest BCUT2D eigenvalue weighted by molar-refractivity contribution is 0.00726. The van der Waals surface area contributed by atoms with Gasteiger partial charge in [0.2, 0.25) is 0 Å². The molecule has 0 saturated carbocycles. The molecule has 0 spiro atoms. The number of aliphatic hydroxyl groups is 1. The molecule has 0 unspecified atom stereocenters. The number of carbonyl (C=O) groups is 1. The van der Waals surface area contributed by atoms with Gasteiger partial charge >= 0.3 is 5.97 Å². The first-order valence-electron chi connectivity index (χ1n) is 4.34. The summed E-state index contributed by atoms with van der Waals surface area (Å²) in [5, 5.41) is 10.7. The van der Waals surface area contributed by atoms with E-state index in [-0.39, 0.29) is 12.6 Å². The molecule has 0 aliphatic heterocycles. The minimum absolute atomic E-state index is 0.127. The molecule has 1 aromatic heterocycles. The second-order valence-corrected chi connectivity index (χ2v) is 4.85. The molecule has 1 rings (SSSR count). The van der Waals surface area contributed by atoms with Gasteiger partial charge in [-0.2, -0.15) is 0 Å². The lowest BCUT2D eigenvalue weighted by Crippen LogP contribution is -2.23. The predicted octanol–water partition coefficient (Wildman–Crippen LogP) is 2.20. The molecule has 0 bridgehead atoms. The van der Waals surface area contributed by atoms with Crippen LogP contribution in [-0.2, 0) is 11.3 Å². The Hall–Kier alpha value is -0.870. The molecule has 3 nitrogen and oxygen atoms in total. The molecule has 0 amide bonds. The van der Waals surface area contributed by atoms with Crippen LogP contribution in [0, 0.1) is 0 Å². The van der Waals surface area contributed by atoms with Gasteiger partial charge in [-0.15, -0.1) is 11.3 Å². The van der Waals surface area contributed by atoms with Crippen molar-refractivity contribution in [2.24, 2.45) is 0 Å². The van der Waals surface area contributed by atoms with E-state index in [4.69, 9.17) is 9.84 Å². The number of hydrogen-bond donors (Lipinski definition) is 1. The third kappa shape index (κ3) is 2.82. The minimum Gasteiger partial charge on any atom is -0.456 e. The van der Waals surface area contributed by atoms with E-state index in [9.17, 15) is 4.79 Å². The third-order valence-corrected chi connectivity index (χ3v) is 2.44. The van der Waals surface area contributed by atoms with E-state index in [0.29, 0.717) is 10.4 Å². The van der Waals surface area contributed by atoms with Crippen LogP contribution in [0.1, 0.15) is 36.0 Å². The summed E-state index contributed by atoms with van der Waals surface area (Å²) in [7, 11) is 0. The second kappa shape index (κ2) is 4.11. The van der Waals surface area contributed by atoms with Crippen LogP contribution in [0.3, 0.4) is 0 Å². The zero-order valence-corrected chi connectivity index (χ0v) is 9.35. The number of hydrogen-bond acceptors (Lipinski definition) is 4. The van der Waals surface area contributed by atoms with Gasteiger partial charge in [-0.3, -0.25) is 0 Å². The molecular weight excluding hydrogens is 200 g/mol. The summed E-state index contributed by atoms with van der Waals surface area (Å²) in [6.07, 6.45) is 0. The SMILES string of the molecule is CC(C)(C)OC(=O)c1sccc1CO. The van der Waals surface area contributed by atoms with Crippen molar-refractivity contribution in [1.29, 1.82) is 0 Å². The van der Waals surface area contributed by atoms with E-state index in [1.54, 1.807) is 11.4 Å². The molecule has 4 heteroatoms. The minimum atomic E-state index is -0.492. The van der Waals surface area contributed by atoms with Crippen molar-refractivity contribution in [3.63, 3.8) is 0 Å². The third-order valence-electron chi connectivity index (χ3n) is 1.50. The number of rotatable bonds is 2. The molecule has 1 aromatic rings. The lowest BCUT2D eigenvalue weighted by Gasteiger charge is -2.19. The van der Waals surface area contributed by atoms with E-state index in [0.717, 1.165) is 0 Å². The Morgan fingerprint density at radius 3 is 2.71 bits per heavy atom. The fourth-order valence-electron chi connectivity index (χ4n) is 0.964. The van der Waals surface area contributed by atoms with Gasteiger partial charge in [0.25, 0.3) is 0 Å². The molecule has 0 fully saturated rings. The van der Waals surface area contributed by atoms with Gasteiger partial charge in [-0.1, -0.05) is 0 Å². The maximum atomic E-state index is 11.6. The Labute approximate surface area is 87.3 Å². The highest BCUT2D eigenvalue weighted by Crippen LogP contribution is 2.20. The molecule has 14 heavy (non-hydrogen) atoms. The Bertz CT molecular complexity index is 322. The van der Waals surface area contributed by atoms with Gasteiger partial charge in [-0.05, 0) is 32.2 Å². The van der Waals surface area contributed by atoms with Gasteiger partial charge in [0.15, 0.2) is 0 Å². The highest BCUT2D eigenvalue weighted by atomic mass is 32.1. The standard InChI is InChI=1S/C10H14O3S/c1-10(2,3)13-9(12)8-7(6-11)4-5-14-8/h4-5,11H,6H2,1-3H3. The Balaban J connectivity index is 2.80. The van der Waals surface area contributed by atoms with Crippen LogP contribution in [0.2, 0.25) is 0 Å². The quantitative estimate of drug-likeness (QED) is 0.768. The summed E-state index contributed by atoms with van der Waals surface area (Å²) in [5.74, 6) is -0.364. The Morgan fingerprint density at radius 2 is 2.21 bits per heavy atom. The van der Waals surface area contributed by atoms with E-state index >= 15 is 0 Å². The molecule has 0 atom stereocenters. The van der Waals surface area contributed by atoms with E-state index in [2.05, 4.69) is 0 Å². The fourth-order valence-corrected chi connectivity index (χ4v) is 1.75. The van der Waals surface area contributed by atoms with Crippen LogP contribution in [0.15, 0.2) is 11.4 Å². The predicted molar refractivity (Wildman–Crippen MR) is 55.4 cm³/mol. The lowest BCUT2D eigenvalue weighted by atomic mass is 10.2. The first-order chi connectivity index (χ1) is 6.44. The molecule has 0 radical (unpaired) electrons. The van der Waals surface area contributed by atoms with Crippen LogP contribution in [-0.4, -0.2) is 16.7 Å². The molecule has 0 aromatic carbocycles. The zero-order chi connectivity index (χ0) is 10.8. The summed E-state index contributed by atoms with van der Waals surface area (Å²) in [6.45, 7) is 5.32. The maximum absolute atomic E-state index is 11.6. The number of carbonyl (C=O) groups excluding carboxylic acids is 1. The van der Waals surface area contributed by atoms with Crippen molar-refractivity contribution in [1.82, 2.24) is 0 Å². The zero-order valence-electron chi connectivity index (χ0n) is 8.53. The van der Waals surface area contributed by atoms with Gasteiger partial charge in [0, 0.05) is 5.56 Å². The van der Waals surface area contributed by atoms with Crippen molar-refractivity contribution in [3.05, 3.63) is 21.9 Å². The van der Waals surface area contributed by atoms with Crippen LogP contribution in [0.25, 0.3) is 0 Å².